The van der Waals surface area contributed by atoms with Crippen molar-refractivity contribution in [3.63, 3.8) is 0 Å². The molecule has 2 aromatic rings. The summed E-state index contributed by atoms with van der Waals surface area (Å²) in [6, 6.07) is 13.1. The summed E-state index contributed by atoms with van der Waals surface area (Å²) in [5.41, 5.74) is 2.34. The molecule has 2 unspecified atom stereocenters. The van der Waals surface area contributed by atoms with Gasteiger partial charge in [-0.05, 0) is 42.2 Å². The lowest BCUT2D eigenvalue weighted by Crippen LogP contribution is -2.42. The molecule has 0 amide bonds. The van der Waals surface area contributed by atoms with E-state index in [1.54, 1.807) is 18.2 Å². The molecule has 0 saturated carbocycles. The molecule has 1 saturated heterocycles. The molecule has 30 heavy (non-hydrogen) atoms. The Morgan fingerprint density at radius 3 is 2.47 bits per heavy atom. The van der Waals surface area contributed by atoms with E-state index in [-0.39, 0.29) is 24.2 Å². The molecule has 1 aliphatic rings. The first kappa shape index (κ1) is 23.4. The molecule has 0 aromatic heterocycles. The highest BCUT2D eigenvalue weighted by molar-refractivity contribution is 7.91. The van der Waals surface area contributed by atoms with Crippen molar-refractivity contribution in [2.45, 2.75) is 38.5 Å². The molecule has 1 aliphatic heterocycles. The minimum Gasteiger partial charge on any atom is -0.489 e. The van der Waals surface area contributed by atoms with Crippen LogP contribution >= 0.6 is 23.2 Å². The lowest BCUT2D eigenvalue weighted by Gasteiger charge is -2.30. The fourth-order valence-electron chi connectivity index (χ4n) is 3.62. The van der Waals surface area contributed by atoms with Crippen LogP contribution in [0.5, 0.6) is 5.75 Å². The van der Waals surface area contributed by atoms with Gasteiger partial charge in [-0.3, -0.25) is 4.90 Å². The fourth-order valence-corrected chi connectivity index (χ4v) is 5.85. The minimum atomic E-state index is -3.03. The van der Waals surface area contributed by atoms with Gasteiger partial charge in [-0.25, -0.2) is 8.42 Å². The Hall–Kier alpha value is -1.31. The number of sulfone groups is 1. The van der Waals surface area contributed by atoms with Gasteiger partial charge >= 0.3 is 0 Å². The first-order chi connectivity index (χ1) is 14.3. The summed E-state index contributed by atoms with van der Waals surface area (Å²) >= 11 is 12.0. The van der Waals surface area contributed by atoms with Gasteiger partial charge in [-0.1, -0.05) is 54.4 Å². The summed E-state index contributed by atoms with van der Waals surface area (Å²) in [6.45, 7) is 3.03. The van der Waals surface area contributed by atoms with Gasteiger partial charge in [0.2, 0.25) is 0 Å². The zero-order chi connectivity index (χ0) is 21.7. The lowest BCUT2D eigenvalue weighted by atomic mass is 10.1. The van der Waals surface area contributed by atoms with Gasteiger partial charge < -0.3 is 9.84 Å². The van der Waals surface area contributed by atoms with Gasteiger partial charge in [0.1, 0.15) is 18.5 Å². The predicted octanol–water partition coefficient (Wildman–Crippen LogP) is 3.98. The van der Waals surface area contributed by atoms with Crippen LogP contribution in [0.15, 0.2) is 42.5 Å². The molecule has 0 spiro atoms. The Morgan fingerprint density at radius 2 is 1.87 bits per heavy atom. The molecule has 1 N–H and O–H groups in total. The van der Waals surface area contributed by atoms with Gasteiger partial charge in [-0.2, -0.15) is 0 Å². The van der Waals surface area contributed by atoms with Gasteiger partial charge in [-0.15, -0.1) is 0 Å². The summed E-state index contributed by atoms with van der Waals surface area (Å²) in [5, 5.41) is 11.5. The maximum absolute atomic E-state index is 12.0. The standard InChI is InChI=1S/C22H27Cl2NO4S/c1-2-16-3-5-17(6-4-16)12-25(19-9-10-30(27,28)15-19)13-20(26)14-29-22-8-7-18(23)11-21(22)24/h3-8,11,19-20,26H,2,9-10,12-15H2,1H3. The van der Waals surface area contributed by atoms with Crippen LogP contribution in [0.1, 0.15) is 24.5 Å². The minimum absolute atomic E-state index is 0.0477. The van der Waals surface area contributed by atoms with Gasteiger partial charge in [0.15, 0.2) is 9.84 Å². The monoisotopic (exact) mass is 471 g/mol. The summed E-state index contributed by atoms with van der Waals surface area (Å²) in [7, 11) is -3.03. The van der Waals surface area contributed by atoms with E-state index < -0.39 is 15.9 Å². The fraction of sp³-hybridized carbons (Fsp3) is 0.455. The topological polar surface area (TPSA) is 66.8 Å². The Labute approximate surface area is 188 Å². The second-order valence-electron chi connectivity index (χ2n) is 7.70. The molecule has 0 bridgehead atoms. The second kappa shape index (κ2) is 10.3. The van der Waals surface area contributed by atoms with Crippen LogP contribution in [-0.2, 0) is 22.8 Å². The van der Waals surface area contributed by atoms with Crippen LogP contribution in [0.25, 0.3) is 0 Å². The van der Waals surface area contributed by atoms with Crippen LogP contribution in [0.3, 0.4) is 0 Å². The molecule has 0 aliphatic carbocycles. The van der Waals surface area contributed by atoms with Crippen LogP contribution in [0.2, 0.25) is 10.0 Å². The average Bonchev–Trinajstić information content (AvgIpc) is 3.07. The predicted molar refractivity (Wildman–Crippen MR) is 121 cm³/mol. The molecular weight excluding hydrogens is 445 g/mol. The third kappa shape index (κ3) is 6.59. The molecule has 164 valence electrons. The maximum Gasteiger partial charge on any atom is 0.151 e. The quantitative estimate of drug-likeness (QED) is 0.598. The number of hydrogen-bond donors (Lipinski definition) is 1. The van der Waals surface area contributed by atoms with Crippen LogP contribution in [-0.4, -0.2) is 55.2 Å². The number of aryl methyl sites for hydroxylation is 1. The zero-order valence-electron chi connectivity index (χ0n) is 16.9. The number of rotatable bonds is 9. The number of ether oxygens (including phenoxy) is 1. The van der Waals surface area contributed by atoms with E-state index in [0.717, 1.165) is 12.0 Å². The Bertz CT molecular complexity index is 950. The highest BCUT2D eigenvalue weighted by atomic mass is 35.5. The number of aliphatic hydroxyl groups excluding tert-OH is 1. The number of aliphatic hydroxyl groups is 1. The highest BCUT2D eigenvalue weighted by Gasteiger charge is 2.33. The Kier molecular flexibility index (Phi) is 8.04. The number of hydrogen-bond acceptors (Lipinski definition) is 5. The number of nitrogens with zero attached hydrogens (tertiary/aromatic N) is 1. The van der Waals surface area contributed by atoms with E-state index in [4.69, 9.17) is 27.9 Å². The van der Waals surface area contributed by atoms with Crippen LogP contribution in [0.4, 0.5) is 0 Å². The van der Waals surface area contributed by atoms with E-state index in [0.29, 0.717) is 35.3 Å². The van der Waals surface area contributed by atoms with E-state index >= 15 is 0 Å². The number of halogens is 2. The number of benzene rings is 2. The first-order valence-corrected chi connectivity index (χ1v) is 12.6. The molecule has 2 aromatic carbocycles. The van der Waals surface area contributed by atoms with E-state index in [2.05, 4.69) is 31.2 Å². The maximum atomic E-state index is 12.0. The summed E-state index contributed by atoms with van der Waals surface area (Å²) in [4.78, 5) is 2.04. The largest absolute Gasteiger partial charge is 0.489 e. The molecule has 0 radical (unpaired) electrons. The molecule has 2 atom stereocenters. The second-order valence-corrected chi connectivity index (χ2v) is 10.8. The third-order valence-electron chi connectivity index (χ3n) is 5.31. The van der Waals surface area contributed by atoms with E-state index in [1.165, 1.54) is 5.56 Å². The molecule has 5 nitrogen and oxygen atoms in total. The van der Waals surface area contributed by atoms with E-state index in [1.807, 2.05) is 4.90 Å². The molecule has 1 fully saturated rings. The van der Waals surface area contributed by atoms with Crippen molar-refractivity contribution in [3.05, 3.63) is 63.6 Å². The molecular formula is C22H27Cl2NO4S. The molecule has 3 rings (SSSR count). The average molecular weight is 472 g/mol. The first-order valence-electron chi connectivity index (χ1n) is 10.0. The smallest absolute Gasteiger partial charge is 0.151 e. The van der Waals surface area contributed by atoms with Gasteiger partial charge in [0.25, 0.3) is 0 Å². The summed E-state index contributed by atoms with van der Waals surface area (Å²) < 4.78 is 29.7. The lowest BCUT2D eigenvalue weighted by molar-refractivity contribution is 0.0525. The molecule has 1 heterocycles. The van der Waals surface area contributed by atoms with Crippen molar-refractivity contribution < 1.29 is 18.3 Å². The SMILES string of the molecule is CCc1ccc(CN(CC(O)COc2ccc(Cl)cc2Cl)C2CCS(=O)(=O)C2)cc1. The van der Waals surface area contributed by atoms with Crippen molar-refractivity contribution >= 4 is 33.0 Å². The van der Waals surface area contributed by atoms with Crippen LogP contribution in [0, 0.1) is 0 Å². The third-order valence-corrected chi connectivity index (χ3v) is 7.59. The van der Waals surface area contributed by atoms with Crippen molar-refractivity contribution in [1.82, 2.24) is 4.90 Å². The normalized spacial score (nSPS) is 19.2. The van der Waals surface area contributed by atoms with Crippen molar-refractivity contribution in [1.29, 1.82) is 0 Å². The summed E-state index contributed by atoms with van der Waals surface area (Å²) in [5.74, 6) is 0.761. The highest BCUT2D eigenvalue weighted by Crippen LogP contribution is 2.28. The van der Waals surface area contributed by atoms with Gasteiger partial charge in [0, 0.05) is 24.2 Å². The zero-order valence-corrected chi connectivity index (χ0v) is 19.3. The van der Waals surface area contributed by atoms with Gasteiger partial charge in [0.05, 0.1) is 16.5 Å². The summed E-state index contributed by atoms with van der Waals surface area (Å²) in [6.07, 6.45) is 0.745. The van der Waals surface area contributed by atoms with Crippen LogP contribution < -0.4 is 4.74 Å². The van der Waals surface area contributed by atoms with E-state index in [9.17, 15) is 13.5 Å². The Balaban J connectivity index is 1.66. The van der Waals surface area contributed by atoms with Crippen molar-refractivity contribution in [3.8, 4) is 5.75 Å². The Morgan fingerprint density at radius 1 is 1.17 bits per heavy atom. The molecule has 8 heteroatoms. The van der Waals surface area contributed by atoms with Crippen molar-refractivity contribution in [2.75, 3.05) is 24.7 Å². The van der Waals surface area contributed by atoms with Crippen molar-refractivity contribution in [2.24, 2.45) is 0 Å².